The number of benzene rings is 1. The third kappa shape index (κ3) is 3.20. The molecule has 0 aliphatic heterocycles. The molecule has 1 unspecified atom stereocenters. The van der Waals surface area contributed by atoms with Gasteiger partial charge in [0.15, 0.2) is 5.76 Å². The number of nitrogens with zero attached hydrogens (tertiary/aromatic N) is 1. The number of halogens is 1. The molecule has 0 spiro atoms. The fourth-order valence-electron chi connectivity index (χ4n) is 1.92. The molecular weight excluding hydrogens is 243 g/mol. The maximum Gasteiger partial charge on any atom is 0.211 e. The molecule has 1 heterocycles. The Kier molecular flexibility index (Phi) is 4.32. The van der Waals surface area contributed by atoms with E-state index in [2.05, 4.69) is 17.2 Å². The molecule has 1 N–H and O–H groups in total. The SMILES string of the molecule is CCCNC(C)c1ncc(-c2cc(F)ccc2C)o1. The summed E-state index contributed by atoms with van der Waals surface area (Å²) in [4.78, 5) is 4.26. The minimum absolute atomic E-state index is 0.0579. The average molecular weight is 262 g/mol. The Bertz CT molecular complexity index is 551. The van der Waals surface area contributed by atoms with Crippen molar-refractivity contribution in [1.82, 2.24) is 10.3 Å². The minimum atomic E-state index is -0.268. The van der Waals surface area contributed by atoms with Gasteiger partial charge in [-0.3, -0.25) is 0 Å². The van der Waals surface area contributed by atoms with Crippen LogP contribution in [0.15, 0.2) is 28.8 Å². The van der Waals surface area contributed by atoms with Crippen molar-refractivity contribution in [2.45, 2.75) is 33.2 Å². The zero-order chi connectivity index (χ0) is 13.8. The Morgan fingerprint density at radius 3 is 2.95 bits per heavy atom. The number of oxazole rings is 1. The molecule has 2 rings (SSSR count). The van der Waals surface area contributed by atoms with E-state index in [0.29, 0.717) is 11.7 Å². The van der Waals surface area contributed by atoms with Crippen molar-refractivity contribution in [3.05, 3.63) is 41.7 Å². The molecule has 3 nitrogen and oxygen atoms in total. The summed E-state index contributed by atoms with van der Waals surface area (Å²) < 4.78 is 19.0. The van der Waals surface area contributed by atoms with Gasteiger partial charge in [-0.05, 0) is 44.5 Å². The highest BCUT2D eigenvalue weighted by Crippen LogP contribution is 2.26. The van der Waals surface area contributed by atoms with Gasteiger partial charge in [-0.25, -0.2) is 9.37 Å². The molecule has 0 aliphatic rings. The summed E-state index contributed by atoms with van der Waals surface area (Å²) in [7, 11) is 0. The minimum Gasteiger partial charge on any atom is -0.439 e. The molecule has 1 aromatic carbocycles. The summed E-state index contributed by atoms with van der Waals surface area (Å²) in [5.74, 6) is 0.972. The van der Waals surface area contributed by atoms with Crippen molar-refractivity contribution in [3.63, 3.8) is 0 Å². The number of aryl methyl sites for hydroxylation is 1. The summed E-state index contributed by atoms with van der Waals surface area (Å²) in [6.07, 6.45) is 2.71. The fourth-order valence-corrected chi connectivity index (χ4v) is 1.92. The van der Waals surface area contributed by atoms with Gasteiger partial charge in [0.1, 0.15) is 5.82 Å². The van der Waals surface area contributed by atoms with Gasteiger partial charge >= 0.3 is 0 Å². The van der Waals surface area contributed by atoms with Gasteiger partial charge in [0, 0.05) is 5.56 Å². The highest BCUT2D eigenvalue weighted by molar-refractivity contribution is 5.61. The van der Waals surface area contributed by atoms with E-state index >= 15 is 0 Å². The van der Waals surface area contributed by atoms with Crippen LogP contribution in [0.25, 0.3) is 11.3 Å². The molecular formula is C15H19FN2O. The summed E-state index contributed by atoms with van der Waals surface area (Å²) in [6, 6.07) is 4.72. The van der Waals surface area contributed by atoms with Crippen LogP contribution in [-0.2, 0) is 0 Å². The smallest absolute Gasteiger partial charge is 0.211 e. The predicted octanol–water partition coefficient (Wildman–Crippen LogP) is 3.85. The van der Waals surface area contributed by atoms with E-state index in [1.54, 1.807) is 12.3 Å². The van der Waals surface area contributed by atoms with Gasteiger partial charge < -0.3 is 9.73 Å². The molecule has 102 valence electrons. The normalized spacial score (nSPS) is 12.6. The van der Waals surface area contributed by atoms with Crippen molar-refractivity contribution in [2.24, 2.45) is 0 Å². The monoisotopic (exact) mass is 262 g/mol. The zero-order valence-electron chi connectivity index (χ0n) is 11.5. The Morgan fingerprint density at radius 2 is 2.21 bits per heavy atom. The van der Waals surface area contributed by atoms with Gasteiger partial charge in [-0.15, -0.1) is 0 Å². The second-order valence-electron chi connectivity index (χ2n) is 4.70. The highest BCUT2D eigenvalue weighted by Gasteiger charge is 2.14. The topological polar surface area (TPSA) is 38.1 Å². The summed E-state index contributed by atoms with van der Waals surface area (Å²) >= 11 is 0. The molecule has 1 aromatic heterocycles. The first-order valence-corrected chi connectivity index (χ1v) is 6.57. The Balaban J connectivity index is 2.23. The van der Waals surface area contributed by atoms with Crippen molar-refractivity contribution < 1.29 is 8.81 Å². The van der Waals surface area contributed by atoms with E-state index < -0.39 is 0 Å². The first-order chi connectivity index (χ1) is 9.11. The van der Waals surface area contributed by atoms with E-state index in [9.17, 15) is 4.39 Å². The van der Waals surface area contributed by atoms with Crippen LogP contribution < -0.4 is 5.32 Å². The first-order valence-electron chi connectivity index (χ1n) is 6.57. The van der Waals surface area contributed by atoms with E-state index in [4.69, 9.17) is 4.42 Å². The van der Waals surface area contributed by atoms with E-state index in [-0.39, 0.29) is 11.9 Å². The maximum absolute atomic E-state index is 13.3. The molecule has 0 fully saturated rings. The molecule has 2 aromatic rings. The van der Waals surface area contributed by atoms with Gasteiger partial charge in [0.25, 0.3) is 0 Å². The number of nitrogens with one attached hydrogen (secondary N) is 1. The molecule has 0 saturated heterocycles. The summed E-state index contributed by atoms with van der Waals surface area (Å²) in [5, 5.41) is 3.31. The summed E-state index contributed by atoms with van der Waals surface area (Å²) in [5.41, 5.74) is 1.72. The predicted molar refractivity (Wildman–Crippen MR) is 73.3 cm³/mol. The molecule has 0 saturated carbocycles. The Labute approximate surface area is 112 Å². The third-order valence-electron chi connectivity index (χ3n) is 3.06. The molecule has 0 amide bonds. The zero-order valence-corrected chi connectivity index (χ0v) is 11.5. The lowest BCUT2D eigenvalue weighted by Gasteiger charge is -2.08. The number of hydrogen-bond acceptors (Lipinski definition) is 3. The van der Waals surface area contributed by atoms with Gasteiger partial charge in [-0.2, -0.15) is 0 Å². The van der Waals surface area contributed by atoms with E-state index in [1.165, 1.54) is 12.1 Å². The molecule has 0 aliphatic carbocycles. The van der Waals surface area contributed by atoms with Crippen LogP contribution in [0.2, 0.25) is 0 Å². The van der Waals surface area contributed by atoms with Crippen LogP contribution in [0, 0.1) is 12.7 Å². The molecule has 4 heteroatoms. The van der Waals surface area contributed by atoms with Gasteiger partial charge in [0.05, 0.1) is 12.2 Å². The van der Waals surface area contributed by atoms with Crippen LogP contribution >= 0.6 is 0 Å². The molecule has 0 radical (unpaired) electrons. The third-order valence-corrected chi connectivity index (χ3v) is 3.06. The lowest BCUT2D eigenvalue weighted by molar-refractivity contribution is 0.423. The van der Waals surface area contributed by atoms with Crippen LogP contribution in [0.5, 0.6) is 0 Å². The van der Waals surface area contributed by atoms with Crippen molar-refractivity contribution in [1.29, 1.82) is 0 Å². The summed E-state index contributed by atoms with van der Waals surface area (Å²) in [6.45, 7) is 6.95. The number of rotatable bonds is 5. The van der Waals surface area contributed by atoms with Crippen LogP contribution in [0.1, 0.15) is 37.8 Å². The first kappa shape index (κ1) is 13.7. The van der Waals surface area contributed by atoms with Crippen LogP contribution in [0.3, 0.4) is 0 Å². The van der Waals surface area contributed by atoms with Crippen molar-refractivity contribution in [3.8, 4) is 11.3 Å². The lowest BCUT2D eigenvalue weighted by Crippen LogP contribution is -2.19. The quantitative estimate of drug-likeness (QED) is 0.889. The fraction of sp³-hybridized carbons (Fsp3) is 0.400. The van der Waals surface area contributed by atoms with Crippen LogP contribution in [0.4, 0.5) is 4.39 Å². The lowest BCUT2D eigenvalue weighted by atomic mass is 10.1. The average Bonchev–Trinajstić information content (AvgIpc) is 2.88. The van der Waals surface area contributed by atoms with Crippen molar-refractivity contribution >= 4 is 0 Å². The molecule has 1 atom stereocenters. The number of hydrogen-bond donors (Lipinski definition) is 1. The van der Waals surface area contributed by atoms with E-state index in [1.807, 2.05) is 13.8 Å². The standard InChI is InChI=1S/C15H19FN2O/c1-4-7-17-11(3)15-18-9-14(19-15)13-8-12(16)6-5-10(13)2/h5-6,8-9,11,17H,4,7H2,1-3H3. The highest BCUT2D eigenvalue weighted by atomic mass is 19.1. The van der Waals surface area contributed by atoms with Gasteiger partial charge in [0.2, 0.25) is 5.89 Å². The van der Waals surface area contributed by atoms with Crippen molar-refractivity contribution in [2.75, 3.05) is 6.54 Å². The second-order valence-corrected chi connectivity index (χ2v) is 4.70. The molecule has 0 bridgehead atoms. The van der Waals surface area contributed by atoms with E-state index in [0.717, 1.165) is 24.1 Å². The second kappa shape index (κ2) is 5.97. The Hall–Kier alpha value is -1.68. The largest absolute Gasteiger partial charge is 0.439 e. The number of aromatic nitrogens is 1. The van der Waals surface area contributed by atoms with Gasteiger partial charge in [-0.1, -0.05) is 13.0 Å². The Morgan fingerprint density at radius 1 is 1.42 bits per heavy atom. The molecule has 19 heavy (non-hydrogen) atoms. The maximum atomic E-state index is 13.3. The van der Waals surface area contributed by atoms with Crippen LogP contribution in [-0.4, -0.2) is 11.5 Å².